The Balaban J connectivity index is 2.64. The number of halogens is 1. The van der Waals surface area contributed by atoms with E-state index in [4.69, 9.17) is 17.3 Å². The van der Waals surface area contributed by atoms with Crippen LogP contribution in [-0.2, 0) is 0 Å². The van der Waals surface area contributed by atoms with E-state index < -0.39 is 4.92 Å². The second-order valence-electron chi connectivity index (χ2n) is 3.67. The van der Waals surface area contributed by atoms with Crippen LogP contribution in [-0.4, -0.2) is 23.9 Å². The first-order chi connectivity index (χ1) is 8.56. The van der Waals surface area contributed by atoms with Crippen LogP contribution >= 0.6 is 11.6 Å². The van der Waals surface area contributed by atoms with Crippen molar-refractivity contribution in [2.75, 3.05) is 13.1 Å². The van der Waals surface area contributed by atoms with Gasteiger partial charge in [0, 0.05) is 18.2 Å². The lowest BCUT2D eigenvalue weighted by molar-refractivity contribution is -0.384. The van der Waals surface area contributed by atoms with Gasteiger partial charge in [-0.15, -0.1) is 0 Å². The van der Waals surface area contributed by atoms with Gasteiger partial charge in [-0.25, -0.2) is 0 Å². The fraction of sp³-hybridized carbons (Fsp3) is 0.364. The summed E-state index contributed by atoms with van der Waals surface area (Å²) >= 11 is 5.71. The molecule has 0 radical (unpaired) electrons. The van der Waals surface area contributed by atoms with Gasteiger partial charge in [0.15, 0.2) is 0 Å². The molecule has 0 bridgehead atoms. The first-order valence-electron chi connectivity index (χ1n) is 5.48. The van der Waals surface area contributed by atoms with Crippen molar-refractivity contribution in [3.63, 3.8) is 0 Å². The van der Waals surface area contributed by atoms with E-state index in [0.29, 0.717) is 18.7 Å². The summed E-state index contributed by atoms with van der Waals surface area (Å²) in [5.41, 5.74) is 5.42. The molecule has 0 heterocycles. The van der Waals surface area contributed by atoms with Crippen LogP contribution in [0.15, 0.2) is 18.2 Å². The normalized spacial score (nSPS) is 10.1. The predicted molar refractivity (Wildman–Crippen MR) is 68.7 cm³/mol. The van der Waals surface area contributed by atoms with Crippen LogP contribution in [0.1, 0.15) is 23.2 Å². The molecule has 0 aliphatic rings. The number of rotatable bonds is 6. The maximum absolute atomic E-state index is 11.7. The topological polar surface area (TPSA) is 98.3 Å². The number of nitrogens with one attached hydrogen (secondary N) is 1. The lowest BCUT2D eigenvalue weighted by Gasteiger charge is -2.05. The standard InChI is InChI=1S/C11H14ClN3O3/c12-9-7-8(3-4-10(9)15(17)18)11(16)14-6-2-1-5-13/h3-4,7H,1-2,5-6,13H2,(H,14,16). The van der Waals surface area contributed by atoms with Gasteiger partial charge in [-0.3, -0.25) is 14.9 Å². The Bertz CT molecular complexity index is 451. The van der Waals surface area contributed by atoms with E-state index in [0.717, 1.165) is 12.8 Å². The van der Waals surface area contributed by atoms with Gasteiger partial charge >= 0.3 is 0 Å². The van der Waals surface area contributed by atoms with E-state index in [2.05, 4.69) is 5.32 Å². The molecule has 1 amide bonds. The van der Waals surface area contributed by atoms with Crippen molar-refractivity contribution in [1.82, 2.24) is 5.32 Å². The van der Waals surface area contributed by atoms with E-state index >= 15 is 0 Å². The van der Waals surface area contributed by atoms with Gasteiger partial charge in [-0.1, -0.05) is 11.6 Å². The van der Waals surface area contributed by atoms with Gasteiger partial charge in [0.1, 0.15) is 5.02 Å². The highest BCUT2D eigenvalue weighted by molar-refractivity contribution is 6.33. The Morgan fingerprint density at radius 1 is 1.44 bits per heavy atom. The fourth-order valence-electron chi connectivity index (χ4n) is 1.37. The van der Waals surface area contributed by atoms with Crippen molar-refractivity contribution in [2.24, 2.45) is 5.73 Å². The third kappa shape index (κ3) is 3.97. The average Bonchev–Trinajstić information content (AvgIpc) is 2.33. The molecule has 0 aliphatic carbocycles. The SMILES string of the molecule is NCCCCNC(=O)c1ccc([N+](=O)[O-])c(Cl)c1. The fourth-order valence-corrected chi connectivity index (χ4v) is 1.62. The van der Waals surface area contributed by atoms with E-state index in [9.17, 15) is 14.9 Å². The molecule has 6 nitrogen and oxygen atoms in total. The third-order valence-corrected chi connectivity index (χ3v) is 2.63. The second-order valence-corrected chi connectivity index (χ2v) is 4.08. The first-order valence-corrected chi connectivity index (χ1v) is 5.86. The molecule has 0 saturated carbocycles. The number of unbranched alkanes of at least 4 members (excludes halogenated alkanes) is 1. The number of hydrogen-bond donors (Lipinski definition) is 2. The van der Waals surface area contributed by atoms with Crippen LogP contribution < -0.4 is 11.1 Å². The first kappa shape index (κ1) is 14.4. The number of carbonyl (C=O) groups is 1. The highest BCUT2D eigenvalue weighted by Gasteiger charge is 2.14. The molecule has 1 rings (SSSR count). The molecule has 0 atom stereocenters. The highest BCUT2D eigenvalue weighted by Crippen LogP contribution is 2.24. The molecule has 0 aliphatic heterocycles. The third-order valence-electron chi connectivity index (χ3n) is 2.32. The van der Waals surface area contributed by atoms with Crippen molar-refractivity contribution in [1.29, 1.82) is 0 Å². The van der Waals surface area contributed by atoms with Gasteiger partial charge in [0.2, 0.25) is 0 Å². The lowest BCUT2D eigenvalue weighted by atomic mass is 10.2. The van der Waals surface area contributed by atoms with Gasteiger partial charge < -0.3 is 11.1 Å². The number of carbonyl (C=O) groups excluding carboxylic acids is 1. The van der Waals surface area contributed by atoms with E-state index in [-0.39, 0.29) is 16.6 Å². The number of amides is 1. The predicted octanol–water partition coefficient (Wildman–Crippen LogP) is 1.72. The summed E-state index contributed by atoms with van der Waals surface area (Å²) in [4.78, 5) is 21.6. The van der Waals surface area contributed by atoms with E-state index in [1.165, 1.54) is 18.2 Å². The molecule has 0 fully saturated rings. The van der Waals surface area contributed by atoms with E-state index in [1.54, 1.807) is 0 Å². The number of benzene rings is 1. The van der Waals surface area contributed by atoms with Crippen molar-refractivity contribution < 1.29 is 9.72 Å². The molecule has 3 N–H and O–H groups in total. The van der Waals surface area contributed by atoms with Gasteiger partial charge in [0.25, 0.3) is 11.6 Å². The maximum atomic E-state index is 11.7. The molecule has 7 heteroatoms. The summed E-state index contributed by atoms with van der Waals surface area (Å²) < 4.78 is 0. The van der Waals surface area contributed by atoms with Crippen LogP contribution in [0.5, 0.6) is 0 Å². The van der Waals surface area contributed by atoms with Crippen molar-refractivity contribution >= 4 is 23.2 Å². The maximum Gasteiger partial charge on any atom is 0.287 e. The zero-order valence-electron chi connectivity index (χ0n) is 9.69. The summed E-state index contributed by atoms with van der Waals surface area (Å²) in [6.45, 7) is 1.10. The zero-order chi connectivity index (χ0) is 13.5. The Morgan fingerprint density at radius 2 is 2.17 bits per heavy atom. The Morgan fingerprint density at radius 3 is 2.72 bits per heavy atom. The molecule has 18 heavy (non-hydrogen) atoms. The summed E-state index contributed by atoms with van der Waals surface area (Å²) in [7, 11) is 0. The number of hydrogen-bond acceptors (Lipinski definition) is 4. The average molecular weight is 272 g/mol. The molecule has 0 spiro atoms. The van der Waals surface area contributed by atoms with Crippen LogP contribution in [0.4, 0.5) is 5.69 Å². The monoisotopic (exact) mass is 271 g/mol. The van der Waals surface area contributed by atoms with Gasteiger partial charge in [0.05, 0.1) is 4.92 Å². The van der Waals surface area contributed by atoms with Crippen LogP contribution in [0, 0.1) is 10.1 Å². The smallest absolute Gasteiger partial charge is 0.287 e. The Kier molecular flexibility index (Phi) is 5.54. The largest absolute Gasteiger partial charge is 0.352 e. The summed E-state index contributed by atoms with van der Waals surface area (Å²) in [5, 5.41) is 13.2. The molecule has 1 aromatic rings. The van der Waals surface area contributed by atoms with Gasteiger partial charge in [-0.2, -0.15) is 0 Å². The quantitative estimate of drug-likeness (QED) is 0.467. The molecule has 1 aromatic carbocycles. The summed E-state index contributed by atoms with van der Waals surface area (Å²) in [6.07, 6.45) is 1.63. The van der Waals surface area contributed by atoms with Crippen molar-refractivity contribution in [2.45, 2.75) is 12.8 Å². The molecule has 98 valence electrons. The van der Waals surface area contributed by atoms with Crippen molar-refractivity contribution in [3.8, 4) is 0 Å². The zero-order valence-corrected chi connectivity index (χ0v) is 10.4. The van der Waals surface area contributed by atoms with Crippen LogP contribution in [0.3, 0.4) is 0 Å². The Labute approximate surface area is 109 Å². The highest BCUT2D eigenvalue weighted by atomic mass is 35.5. The molecular formula is C11H14ClN3O3. The van der Waals surface area contributed by atoms with Crippen molar-refractivity contribution in [3.05, 3.63) is 38.9 Å². The number of nitrogens with zero attached hydrogens (tertiary/aromatic N) is 1. The molecular weight excluding hydrogens is 258 g/mol. The minimum atomic E-state index is -0.592. The van der Waals surface area contributed by atoms with E-state index in [1.807, 2.05) is 0 Å². The number of nitro groups is 1. The molecule has 0 aromatic heterocycles. The van der Waals surface area contributed by atoms with Crippen LogP contribution in [0.2, 0.25) is 5.02 Å². The number of nitrogens with two attached hydrogens (primary N) is 1. The molecule has 0 saturated heterocycles. The minimum Gasteiger partial charge on any atom is -0.352 e. The second kappa shape index (κ2) is 6.93. The van der Waals surface area contributed by atoms with Gasteiger partial charge in [-0.05, 0) is 31.5 Å². The number of nitro benzene ring substituents is 1. The lowest BCUT2D eigenvalue weighted by Crippen LogP contribution is -2.24. The molecule has 0 unspecified atom stereocenters. The van der Waals surface area contributed by atoms with Crippen LogP contribution in [0.25, 0.3) is 0 Å². The summed E-state index contributed by atoms with van der Waals surface area (Å²) in [6, 6.07) is 3.89. The Hall–Kier alpha value is -1.66. The summed E-state index contributed by atoms with van der Waals surface area (Å²) in [5.74, 6) is -0.302. The minimum absolute atomic E-state index is 0.0467.